The SMILES string of the molecule is NS(=O)(=O)c1ccc(-n2nc(C(F)(F)F)cc2C(=O)C(=O)c2ccccc2)cc1. The molecule has 0 unspecified atom stereocenters. The summed E-state index contributed by atoms with van der Waals surface area (Å²) in [7, 11) is -4.03. The molecule has 1 heterocycles. The molecule has 3 rings (SSSR count). The first kappa shape index (κ1) is 20.4. The number of carbonyl (C=O) groups excluding carboxylic acids is 2. The molecule has 0 fully saturated rings. The molecule has 11 heteroatoms. The zero-order valence-electron chi connectivity index (χ0n) is 14.4. The second-order valence-corrected chi connectivity index (χ2v) is 7.45. The fourth-order valence-electron chi connectivity index (χ4n) is 2.49. The Kier molecular flexibility index (Phi) is 5.11. The van der Waals surface area contributed by atoms with Crippen molar-refractivity contribution in [2.24, 2.45) is 5.14 Å². The summed E-state index contributed by atoms with van der Waals surface area (Å²) in [5.41, 5.74) is -2.05. The highest BCUT2D eigenvalue weighted by atomic mass is 32.2. The minimum absolute atomic E-state index is 0.00313. The lowest BCUT2D eigenvalue weighted by Crippen LogP contribution is -2.18. The predicted molar refractivity (Wildman–Crippen MR) is 95.0 cm³/mol. The van der Waals surface area contributed by atoms with Crippen LogP contribution in [0, 0.1) is 0 Å². The number of hydrogen-bond donors (Lipinski definition) is 1. The number of carbonyl (C=O) groups is 2. The first-order valence-electron chi connectivity index (χ1n) is 7.93. The molecular weight excluding hydrogens is 411 g/mol. The molecule has 0 aliphatic carbocycles. The molecule has 1 aromatic heterocycles. The molecule has 29 heavy (non-hydrogen) atoms. The van der Waals surface area contributed by atoms with Gasteiger partial charge in [0.25, 0.3) is 5.78 Å². The number of nitrogens with two attached hydrogens (primary N) is 1. The van der Waals surface area contributed by atoms with Crippen molar-refractivity contribution in [3.63, 3.8) is 0 Å². The summed E-state index contributed by atoms with van der Waals surface area (Å²) in [5.74, 6) is -2.21. The molecular formula is C18H12F3N3O4S. The topological polar surface area (TPSA) is 112 Å². The van der Waals surface area contributed by atoms with Crippen LogP contribution in [0.3, 0.4) is 0 Å². The predicted octanol–water partition coefficient (Wildman–Crippen LogP) is 2.60. The number of benzene rings is 2. The number of sulfonamides is 1. The van der Waals surface area contributed by atoms with Crippen molar-refractivity contribution < 1.29 is 31.2 Å². The van der Waals surface area contributed by atoms with Crippen LogP contribution in [-0.4, -0.2) is 29.8 Å². The molecule has 0 radical (unpaired) electrons. The Balaban J connectivity index is 2.11. The van der Waals surface area contributed by atoms with Crippen LogP contribution in [0.15, 0.2) is 65.6 Å². The second-order valence-electron chi connectivity index (χ2n) is 5.89. The Morgan fingerprint density at radius 1 is 0.931 bits per heavy atom. The van der Waals surface area contributed by atoms with Gasteiger partial charge < -0.3 is 0 Å². The smallest absolute Gasteiger partial charge is 0.285 e. The van der Waals surface area contributed by atoms with Crippen molar-refractivity contribution in [1.82, 2.24) is 9.78 Å². The van der Waals surface area contributed by atoms with Gasteiger partial charge in [0.1, 0.15) is 5.69 Å². The van der Waals surface area contributed by atoms with E-state index in [-0.39, 0.29) is 16.1 Å². The van der Waals surface area contributed by atoms with Gasteiger partial charge in [-0.15, -0.1) is 0 Å². The van der Waals surface area contributed by atoms with E-state index >= 15 is 0 Å². The van der Waals surface area contributed by atoms with Crippen LogP contribution >= 0.6 is 0 Å². The number of rotatable bonds is 5. The summed E-state index contributed by atoms with van der Waals surface area (Å²) in [6.45, 7) is 0. The molecule has 0 aliphatic heterocycles. The van der Waals surface area contributed by atoms with Gasteiger partial charge in [0.2, 0.25) is 15.8 Å². The first-order valence-corrected chi connectivity index (χ1v) is 9.47. The van der Waals surface area contributed by atoms with Crippen molar-refractivity contribution in [1.29, 1.82) is 0 Å². The number of primary sulfonamides is 1. The molecule has 0 bridgehead atoms. The van der Waals surface area contributed by atoms with Crippen LogP contribution in [0.4, 0.5) is 13.2 Å². The summed E-state index contributed by atoms with van der Waals surface area (Å²) in [4.78, 5) is 24.7. The van der Waals surface area contributed by atoms with Gasteiger partial charge in [0, 0.05) is 11.6 Å². The Hall–Kier alpha value is -3.31. The van der Waals surface area contributed by atoms with Crippen LogP contribution in [0.1, 0.15) is 26.5 Å². The van der Waals surface area contributed by atoms with E-state index in [1.807, 2.05) is 0 Å². The van der Waals surface area contributed by atoms with Crippen LogP contribution in [0.2, 0.25) is 0 Å². The monoisotopic (exact) mass is 423 g/mol. The minimum atomic E-state index is -4.86. The quantitative estimate of drug-likeness (QED) is 0.501. The van der Waals surface area contributed by atoms with Crippen LogP contribution in [-0.2, 0) is 16.2 Å². The highest BCUT2D eigenvalue weighted by molar-refractivity contribution is 7.89. The average Bonchev–Trinajstić information content (AvgIpc) is 3.13. The lowest BCUT2D eigenvalue weighted by atomic mass is 10.1. The zero-order chi connectivity index (χ0) is 21.4. The second kappa shape index (κ2) is 7.26. The maximum absolute atomic E-state index is 13.1. The average molecular weight is 423 g/mol. The largest absolute Gasteiger partial charge is 0.435 e. The normalized spacial score (nSPS) is 12.0. The van der Waals surface area contributed by atoms with Gasteiger partial charge in [-0.05, 0) is 24.3 Å². The minimum Gasteiger partial charge on any atom is -0.285 e. The number of halogens is 3. The third-order valence-corrected chi connectivity index (χ3v) is 4.81. The summed E-state index contributed by atoms with van der Waals surface area (Å²) < 4.78 is 62.7. The molecule has 2 aromatic carbocycles. The third kappa shape index (κ3) is 4.25. The molecule has 0 spiro atoms. The standard InChI is InChI=1S/C18H12F3N3O4S/c19-18(20,21)15-10-14(17(26)16(25)11-4-2-1-3-5-11)24(23-15)12-6-8-13(9-7-12)29(22,27)28/h1-10H,(H2,22,27,28). The number of hydrogen-bond acceptors (Lipinski definition) is 5. The van der Waals surface area contributed by atoms with E-state index in [1.54, 1.807) is 6.07 Å². The number of aromatic nitrogens is 2. The van der Waals surface area contributed by atoms with Crippen LogP contribution in [0.25, 0.3) is 5.69 Å². The van der Waals surface area contributed by atoms with Gasteiger partial charge in [-0.3, -0.25) is 9.59 Å². The maximum Gasteiger partial charge on any atom is 0.435 e. The van der Waals surface area contributed by atoms with E-state index in [2.05, 4.69) is 5.10 Å². The number of Topliss-reactive ketones (excluding diaryl/α,β-unsaturated/α-hetero) is 2. The van der Waals surface area contributed by atoms with E-state index in [4.69, 9.17) is 5.14 Å². The Morgan fingerprint density at radius 2 is 1.52 bits per heavy atom. The van der Waals surface area contributed by atoms with Gasteiger partial charge in [-0.25, -0.2) is 18.2 Å². The van der Waals surface area contributed by atoms with Gasteiger partial charge >= 0.3 is 6.18 Å². The van der Waals surface area contributed by atoms with E-state index in [0.717, 1.165) is 24.3 Å². The van der Waals surface area contributed by atoms with Gasteiger partial charge in [-0.1, -0.05) is 30.3 Å². The van der Waals surface area contributed by atoms with Crippen LogP contribution < -0.4 is 5.14 Å². The molecule has 150 valence electrons. The number of nitrogens with zero attached hydrogens (tertiary/aromatic N) is 2. The van der Waals surface area contributed by atoms with E-state index < -0.39 is 39.2 Å². The highest BCUT2D eigenvalue weighted by Crippen LogP contribution is 2.30. The Labute approximate surface area is 162 Å². The number of ketones is 2. The van der Waals surface area contributed by atoms with Gasteiger partial charge in [0.05, 0.1) is 10.6 Å². The third-order valence-electron chi connectivity index (χ3n) is 3.88. The van der Waals surface area contributed by atoms with Crippen molar-refractivity contribution in [2.45, 2.75) is 11.1 Å². The summed E-state index contributed by atoms with van der Waals surface area (Å²) in [5, 5.41) is 8.37. The van der Waals surface area contributed by atoms with Crippen molar-refractivity contribution in [2.75, 3.05) is 0 Å². The lowest BCUT2D eigenvalue weighted by Gasteiger charge is -2.07. The molecule has 0 aliphatic rings. The summed E-state index contributed by atoms with van der Waals surface area (Å²) >= 11 is 0. The van der Waals surface area contributed by atoms with Crippen molar-refractivity contribution in [3.8, 4) is 5.69 Å². The van der Waals surface area contributed by atoms with E-state index in [1.165, 1.54) is 24.3 Å². The fourth-order valence-corrected chi connectivity index (χ4v) is 3.01. The van der Waals surface area contributed by atoms with E-state index in [9.17, 15) is 31.2 Å². The Bertz CT molecular complexity index is 1190. The lowest BCUT2D eigenvalue weighted by molar-refractivity contribution is -0.141. The van der Waals surface area contributed by atoms with Crippen LogP contribution in [0.5, 0.6) is 0 Å². The molecule has 0 saturated carbocycles. The molecule has 2 N–H and O–H groups in total. The van der Waals surface area contributed by atoms with Gasteiger partial charge in [0.15, 0.2) is 5.69 Å². The Morgan fingerprint density at radius 3 is 2.03 bits per heavy atom. The zero-order valence-corrected chi connectivity index (χ0v) is 15.2. The van der Waals surface area contributed by atoms with Gasteiger partial charge in [-0.2, -0.15) is 18.3 Å². The highest BCUT2D eigenvalue weighted by Gasteiger charge is 2.37. The van der Waals surface area contributed by atoms with E-state index in [0.29, 0.717) is 10.7 Å². The number of alkyl halides is 3. The first-order chi connectivity index (χ1) is 13.5. The summed E-state index contributed by atoms with van der Waals surface area (Å²) in [6, 6.07) is 12.1. The summed E-state index contributed by atoms with van der Waals surface area (Å²) in [6.07, 6.45) is -4.86. The molecule has 7 nitrogen and oxygen atoms in total. The molecule has 3 aromatic rings. The van der Waals surface area contributed by atoms with Crippen molar-refractivity contribution in [3.05, 3.63) is 77.6 Å². The van der Waals surface area contributed by atoms with Crippen molar-refractivity contribution >= 4 is 21.6 Å². The molecule has 0 atom stereocenters. The maximum atomic E-state index is 13.1. The molecule has 0 saturated heterocycles. The fraction of sp³-hybridized carbons (Fsp3) is 0.0556. The molecule has 0 amide bonds.